The molecule has 0 unspecified atom stereocenters. The summed E-state index contributed by atoms with van der Waals surface area (Å²) >= 11 is 3.53. The highest BCUT2D eigenvalue weighted by molar-refractivity contribution is 7.79. The van der Waals surface area contributed by atoms with Crippen LogP contribution in [-0.2, 0) is 5.41 Å². The molecule has 0 aliphatic heterocycles. The highest BCUT2D eigenvalue weighted by Gasteiger charge is 2.28. The van der Waals surface area contributed by atoms with Crippen LogP contribution in [0.4, 0.5) is 0 Å². The number of hydrogen-bond acceptors (Lipinski definition) is 4. The molecule has 0 bridgehead atoms. The van der Waals surface area contributed by atoms with E-state index in [9.17, 15) is 0 Å². The van der Waals surface area contributed by atoms with Crippen molar-refractivity contribution in [1.29, 1.82) is 0 Å². The summed E-state index contributed by atoms with van der Waals surface area (Å²) in [7, 11) is 0. The van der Waals surface area contributed by atoms with Gasteiger partial charge in [-0.1, -0.05) is 178 Å². The van der Waals surface area contributed by atoms with E-state index in [-0.39, 0.29) is 5.41 Å². The van der Waals surface area contributed by atoms with Crippen molar-refractivity contribution >= 4 is 45.6 Å². The first-order valence-electron chi connectivity index (χ1n) is 20.7. The van der Waals surface area contributed by atoms with Crippen molar-refractivity contribution in [3.8, 4) is 51.0 Å². The maximum atomic E-state index is 5.10. The molecule has 0 saturated heterocycles. The number of nitrogens with zero attached hydrogens (tertiary/aromatic N) is 4. The third-order valence-corrected chi connectivity index (χ3v) is 11.4. The van der Waals surface area contributed by atoms with Crippen LogP contribution in [0.5, 0.6) is 0 Å². The van der Waals surface area contributed by atoms with E-state index in [0.29, 0.717) is 17.5 Å². The average molecular weight is 807 g/mol. The average Bonchev–Trinajstić information content (AvgIpc) is 3.79. The Kier molecular flexibility index (Phi) is 10.9. The molecule has 0 radical (unpaired) electrons. The minimum atomic E-state index is -0.0327. The van der Waals surface area contributed by atoms with Crippen molar-refractivity contribution in [2.45, 2.75) is 26.2 Å². The SMILES string of the molecule is C/C=C\C(=C/C1=CC(C)(C)c2ccccc21)c1ccc2c(c1)c1ccc(-c3nc(-c4ccccc4)nc(-c4ccccc4)n3)cc1n2-c1cccc(-c2ccccc2)c1.CS. The topological polar surface area (TPSA) is 43.6 Å². The molecule has 1 aliphatic rings. The van der Waals surface area contributed by atoms with Crippen LogP contribution in [0.25, 0.3) is 83.9 Å². The quantitative estimate of drug-likeness (QED) is 0.123. The van der Waals surface area contributed by atoms with Gasteiger partial charge in [-0.15, -0.1) is 0 Å². The lowest BCUT2D eigenvalue weighted by Crippen LogP contribution is -2.10. The molecule has 2 aromatic heterocycles. The molecule has 9 aromatic rings. The predicted molar refractivity (Wildman–Crippen MR) is 261 cm³/mol. The fraction of sp³-hybridized carbons (Fsp3) is 0.0893. The zero-order valence-electron chi connectivity index (χ0n) is 34.8. The number of fused-ring (bicyclic) bond motifs is 4. The van der Waals surface area contributed by atoms with Gasteiger partial charge in [0.15, 0.2) is 17.5 Å². The first-order chi connectivity index (χ1) is 29.9. The molecule has 0 N–H and O–H groups in total. The van der Waals surface area contributed by atoms with Crippen LogP contribution in [0.2, 0.25) is 0 Å². The molecule has 0 atom stereocenters. The van der Waals surface area contributed by atoms with Gasteiger partial charge in [0, 0.05) is 38.6 Å². The minimum Gasteiger partial charge on any atom is -0.309 e. The molecule has 0 spiro atoms. The lowest BCUT2D eigenvalue weighted by atomic mass is 9.87. The molecule has 7 aromatic carbocycles. The molecule has 0 saturated carbocycles. The second kappa shape index (κ2) is 16.9. The van der Waals surface area contributed by atoms with Crippen molar-refractivity contribution < 1.29 is 0 Å². The summed E-state index contributed by atoms with van der Waals surface area (Å²) in [6, 6.07) is 62.0. The second-order valence-electron chi connectivity index (χ2n) is 15.7. The standard InChI is InChI=1S/C55H42N4.CH4S/c1-4-17-40(32-44-36-55(2,3)49-27-15-14-26-46(44)49)42-29-31-50-48(34-42)47-30-28-43(35-51(47)59(50)45-25-16-24-41(33-45)37-18-8-5-9-19-37)54-57-52(38-20-10-6-11-21-38)56-53(58-54)39-22-12-7-13-23-39;1-2/h4-36H,1-3H3;2H,1H3/b17-4-,40-32+;. The van der Waals surface area contributed by atoms with Gasteiger partial charge in [-0.2, -0.15) is 12.6 Å². The molecule has 0 fully saturated rings. The van der Waals surface area contributed by atoms with E-state index in [1.807, 2.05) is 60.7 Å². The summed E-state index contributed by atoms with van der Waals surface area (Å²) in [5.41, 5.74) is 14.7. The van der Waals surface area contributed by atoms with Gasteiger partial charge in [0.1, 0.15) is 0 Å². The van der Waals surface area contributed by atoms with Crippen molar-refractivity contribution in [3.63, 3.8) is 0 Å². The predicted octanol–water partition coefficient (Wildman–Crippen LogP) is 14.5. The fourth-order valence-corrected chi connectivity index (χ4v) is 8.55. The minimum absolute atomic E-state index is 0.0327. The Hall–Kier alpha value is -7.08. The monoisotopic (exact) mass is 806 g/mol. The molecule has 5 heteroatoms. The van der Waals surface area contributed by atoms with Crippen molar-refractivity contribution in [3.05, 3.63) is 217 Å². The molecule has 2 heterocycles. The van der Waals surface area contributed by atoms with E-state index >= 15 is 0 Å². The molecule has 10 rings (SSSR count). The van der Waals surface area contributed by atoms with Crippen LogP contribution < -0.4 is 0 Å². The van der Waals surface area contributed by atoms with Crippen LogP contribution in [0.1, 0.15) is 37.5 Å². The molecule has 1 aliphatic carbocycles. The zero-order chi connectivity index (χ0) is 41.9. The highest BCUT2D eigenvalue weighted by atomic mass is 32.1. The summed E-state index contributed by atoms with van der Waals surface area (Å²) in [5.74, 6) is 1.91. The lowest BCUT2D eigenvalue weighted by Gasteiger charge is -2.16. The maximum Gasteiger partial charge on any atom is 0.164 e. The van der Waals surface area contributed by atoms with Gasteiger partial charge in [0.2, 0.25) is 0 Å². The maximum absolute atomic E-state index is 5.10. The van der Waals surface area contributed by atoms with Gasteiger partial charge in [-0.25, -0.2) is 15.0 Å². The van der Waals surface area contributed by atoms with Crippen molar-refractivity contribution in [2.24, 2.45) is 0 Å². The van der Waals surface area contributed by atoms with Gasteiger partial charge in [0.25, 0.3) is 0 Å². The van der Waals surface area contributed by atoms with Crippen LogP contribution >= 0.6 is 12.6 Å². The fourth-order valence-electron chi connectivity index (χ4n) is 8.55. The van der Waals surface area contributed by atoms with Gasteiger partial charge in [-0.3, -0.25) is 0 Å². The molecule has 296 valence electrons. The Morgan fingerprint density at radius 3 is 1.77 bits per heavy atom. The molecule has 0 amide bonds. The number of hydrogen-bond donors (Lipinski definition) is 1. The molecular weight excluding hydrogens is 761 g/mol. The van der Waals surface area contributed by atoms with Crippen molar-refractivity contribution in [1.82, 2.24) is 19.5 Å². The summed E-state index contributed by atoms with van der Waals surface area (Å²) in [4.78, 5) is 15.2. The third kappa shape index (κ3) is 7.65. The second-order valence-corrected chi connectivity index (χ2v) is 15.7. The van der Waals surface area contributed by atoms with Crippen LogP contribution in [0, 0.1) is 0 Å². The molecular formula is C56H46N4S. The van der Waals surface area contributed by atoms with Gasteiger partial charge < -0.3 is 4.57 Å². The summed E-state index contributed by atoms with van der Waals surface area (Å²) in [6.07, 6.45) is 10.8. The lowest BCUT2D eigenvalue weighted by molar-refractivity contribution is 0.683. The van der Waals surface area contributed by atoms with Crippen LogP contribution in [0.15, 0.2) is 200 Å². The highest BCUT2D eigenvalue weighted by Crippen LogP contribution is 2.43. The van der Waals surface area contributed by atoms with Gasteiger partial charge in [-0.05, 0) is 88.6 Å². The summed E-state index contributed by atoms with van der Waals surface area (Å²) < 4.78 is 2.39. The number of aromatic nitrogens is 4. The number of allylic oxidation sites excluding steroid dienone is 6. The Balaban J connectivity index is 0.00000235. The van der Waals surface area contributed by atoms with E-state index in [0.717, 1.165) is 49.9 Å². The third-order valence-electron chi connectivity index (χ3n) is 11.4. The molecule has 61 heavy (non-hydrogen) atoms. The normalized spacial score (nSPS) is 13.3. The molecule has 4 nitrogen and oxygen atoms in total. The van der Waals surface area contributed by atoms with E-state index < -0.39 is 0 Å². The summed E-state index contributed by atoms with van der Waals surface area (Å²) in [6.45, 7) is 6.69. The first-order valence-corrected chi connectivity index (χ1v) is 21.6. The van der Waals surface area contributed by atoms with E-state index in [2.05, 4.69) is 178 Å². The Morgan fingerprint density at radius 2 is 1.11 bits per heavy atom. The van der Waals surface area contributed by atoms with E-state index in [1.54, 1.807) is 6.26 Å². The largest absolute Gasteiger partial charge is 0.309 e. The van der Waals surface area contributed by atoms with Crippen LogP contribution in [-0.4, -0.2) is 25.8 Å². The summed E-state index contributed by atoms with van der Waals surface area (Å²) in [5, 5.41) is 2.33. The Labute approximate surface area is 363 Å². The van der Waals surface area contributed by atoms with Crippen molar-refractivity contribution in [2.75, 3.05) is 6.26 Å². The number of benzene rings is 7. The smallest absolute Gasteiger partial charge is 0.164 e. The van der Waals surface area contributed by atoms with E-state index in [4.69, 9.17) is 15.0 Å². The number of rotatable bonds is 8. The Bertz CT molecular complexity index is 3060. The van der Waals surface area contributed by atoms with Gasteiger partial charge in [0.05, 0.1) is 11.0 Å². The zero-order valence-corrected chi connectivity index (χ0v) is 35.7. The van der Waals surface area contributed by atoms with Crippen LogP contribution in [0.3, 0.4) is 0 Å². The first kappa shape index (κ1) is 39.4. The van der Waals surface area contributed by atoms with Gasteiger partial charge >= 0.3 is 0 Å². The van der Waals surface area contributed by atoms with E-state index in [1.165, 1.54) is 33.2 Å². The Morgan fingerprint density at radius 1 is 0.525 bits per heavy atom. The number of thiol groups is 1.